The van der Waals surface area contributed by atoms with Crippen molar-refractivity contribution < 1.29 is 9.59 Å². The highest BCUT2D eigenvalue weighted by atomic mass is 32.1. The molecule has 0 radical (unpaired) electrons. The zero-order valence-corrected chi connectivity index (χ0v) is 14.6. The summed E-state index contributed by atoms with van der Waals surface area (Å²) in [6, 6.07) is 5.93. The normalized spacial score (nSPS) is 22.1. The third kappa shape index (κ3) is 2.56. The molecule has 2 aliphatic heterocycles. The van der Waals surface area contributed by atoms with Gasteiger partial charge in [0.05, 0.1) is 16.6 Å². The van der Waals surface area contributed by atoms with Gasteiger partial charge in [-0.25, -0.2) is 4.98 Å². The molecule has 0 saturated carbocycles. The Morgan fingerprint density at radius 2 is 2.20 bits per heavy atom. The molecule has 126 valence electrons. The fourth-order valence-electron chi connectivity index (χ4n) is 3.05. The molecule has 0 spiro atoms. The third-order valence-corrected chi connectivity index (χ3v) is 5.37. The molecule has 7 heteroatoms. The second kappa shape index (κ2) is 5.63. The Morgan fingerprint density at radius 1 is 1.36 bits per heavy atom. The van der Waals surface area contributed by atoms with E-state index in [0.717, 1.165) is 15.8 Å². The molecule has 1 aromatic carbocycles. The lowest BCUT2D eigenvalue weighted by atomic mass is 9.91. The molecule has 1 N–H and O–H groups in total. The lowest BCUT2D eigenvalue weighted by Crippen LogP contribution is -2.58. The van der Waals surface area contributed by atoms with E-state index in [9.17, 15) is 9.59 Å². The van der Waals surface area contributed by atoms with E-state index in [0.29, 0.717) is 11.0 Å². The first-order valence-electron chi connectivity index (χ1n) is 7.91. The van der Waals surface area contributed by atoms with Crippen molar-refractivity contribution in [3.05, 3.63) is 48.2 Å². The molecule has 1 atom stereocenters. The number of aromatic nitrogens is 1. The van der Waals surface area contributed by atoms with Gasteiger partial charge in [-0.05, 0) is 37.6 Å². The van der Waals surface area contributed by atoms with Crippen LogP contribution in [0.5, 0.6) is 0 Å². The Balaban J connectivity index is 1.66. The standard InChI is InChI=1S/C18H16N4O2S/c1-11-6-5-7-12-15(11)20-17(25-12)21-16(24)18(2)10-14(23)19-13-8-3-4-9-22(13)18/h3-9H,10H2,1-2H3,(H,20,21,24). The van der Waals surface area contributed by atoms with Gasteiger partial charge in [0.25, 0.3) is 11.8 Å². The molecule has 2 amide bonds. The molecule has 25 heavy (non-hydrogen) atoms. The van der Waals surface area contributed by atoms with Gasteiger partial charge in [-0.1, -0.05) is 29.5 Å². The van der Waals surface area contributed by atoms with E-state index >= 15 is 0 Å². The van der Waals surface area contributed by atoms with Crippen molar-refractivity contribution in [3.8, 4) is 0 Å². The fourth-order valence-corrected chi connectivity index (χ4v) is 3.99. The Labute approximate surface area is 148 Å². The molecule has 1 aromatic heterocycles. The largest absolute Gasteiger partial charge is 0.317 e. The Hall–Kier alpha value is -2.80. The minimum atomic E-state index is -1.04. The number of allylic oxidation sites excluding steroid dienone is 2. The predicted octanol–water partition coefficient (Wildman–Crippen LogP) is 3.02. The van der Waals surface area contributed by atoms with Gasteiger partial charge in [0.15, 0.2) is 5.13 Å². The maximum Gasteiger partial charge on any atom is 0.252 e. The van der Waals surface area contributed by atoms with Crippen molar-refractivity contribution >= 4 is 44.3 Å². The summed E-state index contributed by atoms with van der Waals surface area (Å²) in [5.74, 6) is -0.0922. The van der Waals surface area contributed by atoms with Crippen LogP contribution in [0, 0.1) is 6.92 Å². The number of para-hydroxylation sites is 1. The summed E-state index contributed by atoms with van der Waals surface area (Å²) < 4.78 is 1.02. The number of amidine groups is 1. The molecule has 0 aliphatic carbocycles. The quantitative estimate of drug-likeness (QED) is 0.901. The van der Waals surface area contributed by atoms with Gasteiger partial charge in [-0.2, -0.15) is 4.99 Å². The number of hydrogen-bond acceptors (Lipinski definition) is 5. The lowest BCUT2D eigenvalue weighted by molar-refractivity contribution is -0.130. The zero-order chi connectivity index (χ0) is 17.6. The number of amides is 2. The van der Waals surface area contributed by atoms with Gasteiger partial charge in [0.1, 0.15) is 11.4 Å². The van der Waals surface area contributed by atoms with Crippen molar-refractivity contribution in [2.45, 2.75) is 25.8 Å². The second-order valence-corrected chi connectivity index (χ2v) is 7.31. The number of nitrogens with one attached hydrogen (secondary N) is 1. The maximum absolute atomic E-state index is 13.0. The lowest BCUT2D eigenvalue weighted by Gasteiger charge is -2.41. The summed E-state index contributed by atoms with van der Waals surface area (Å²) in [6.45, 7) is 3.74. The van der Waals surface area contributed by atoms with E-state index in [1.807, 2.05) is 31.2 Å². The van der Waals surface area contributed by atoms with Crippen LogP contribution in [-0.2, 0) is 9.59 Å². The van der Waals surface area contributed by atoms with Crippen LogP contribution in [0.2, 0.25) is 0 Å². The highest BCUT2D eigenvalue weighted by Gasteiger charge is 2.45. The Morgan fingerprint density at radius 3 is 3.00 bits per heavy atom. The minimum Gasteiger partial charge on any atom is -0.317 e. The second-order valence-electron chi connectivity index (χ2n) is 6.28. The number of rotatable bonds is 2. The predicted molar refractivity (Wildman–Crippen MR) is 98.6 cm³/mol. The summed E-state index contributed by atoms with van der Waals surface area (Å²) in [5.41, 5.74) is 0.907. The first-order valence-corrected chi connectivity index (χ1v) is 8.72. The van der Waals surface area contributed by atoms with E-state index in [1.165, 1.54) is 11.3 Å². The van der Waals surface area contributed by atoms with Crippen LogP contribution in [-0.4, -0.2) is 33.1 Å². The van der Waals surface area contributed by atoms with E-state index in [4.69, 9.17) is 0 Å². The average Bonchev–Trinajstić information content (AvgIpc) is 2.98. The summed E-state index contributed by atoms with van der Waals surface area (Å²) >= 11 is 1.42. The molecule has 1 unspecified atom stereocenters. The minimum absolute atomic E-state index is 0.0183. The van der Waals surface area contributed by atoms with Crippen molar-refractivity contribution in [2.24, 2.45) is 4.99 Å². The molecule has 2 aliphatic rings. The van der Waals surface area contributed by atoms with Crippen LogP contribution < -0.4 is 5.32 Å². The number of nitrogens with zero attached hydrogens (tertiary/aromatic N) is 3. The van der Waals surface area contributed by atoms with E-state index in [2.05, 4.69) is 15.3 Å². The van der Waals surface area contributed by atoms with Gasteiger partial charge in [-0.3, -0.25) is 14.9 Å². The summed E-state index contributed by atoms with van der Waals surface area (Å²) in [7, 11) is 0. The van der Waals surface area contributed by atoms with Crippen LogP contribution in [0.15, 0.2) is 47.6 Å². The number of carbonyl (C=O) groups excluding carboxylic acids is 2. The Kier molecular flexibility index (Phi) is 3.54. The van der Waals surface area contributed by atoms with E-state index in [-0.39, 0.29) is 18.2 Å². The van der Waals surface area contributed by atoms with Crippen molar-refractivity contribution in [1.29, 1.82) is 0 Å². The number of thiazole rings is 1. The molecular formula is C18H16N4O2S. The topological polar surface area (TPSA) is 74.7 Å². The first-order chi connectivity index (χ1) is 12.0. The monoisotopic (exact) mass is 352 g/mol. The maximum atomic E-state index is 13.0. The fraction of sp³-hybridized carbons (Fsp3) is 0.222. The SMILES string of the molecule is Cc1cccc2sc(NC(=O)C3(C)CC(=O)N=C4C=CC=CN43)nc12. The van der Waals surface area contributed by atoms with E-state index in [1.54, 1.807) is 30.2 Å². The highest BCUT2D eigenvalue weighted by Crippen LogP contribution is 2.32. The van der Waals surface area contributed by atoms with Gasteiger partial charge in [-0.15, -0.1) is 0 Å². The zero-order valence-electron chi connectivity index (χ0n) is 13.8. The number of aliphatic imine (C=N–C) groups is 1. The Bertz CT molecular complexity index is 988. The molecule has 6 nitrogen and oxygen atoms in total. The highest BCUT2D eigenvalue weighted by molar-refractivity contribution is 7.22. The molecule has 0 fully saturated rings. The van der Waals surface area contributed by atoms with Gasteiger partial charge >= 0.3 is 0 Å². The molecule has 3 heterocycles. The molecule has 2 aromatic rings. The summed E-state index contributed by atoms with van der Waals surface area (Å²) in [4.78, 5) is 35.3. The van der Waals surface area contributed by atoms with Crippen molar-refractivity contribution in [2.75, 3.05) is 5.32 Å². The summed E-state index contributed by atoms with van der Waals surface area (Å²) in [5, 5.41) is 3.42. The van der Waals surface area contributed by atoms with Crippen LogP contribution >= 0.6 is 11.3 Å². The van der Waals surface area contributed by atoms with Gasteiger partial charge in [0, 0.05) is 6.20 Å². The van der Waals surface area contributed by atoms with Crippen molar-refractivity contribution in [1.82, 2.24) is 9.88 Å². The van der Waals surface area contributed by atoms with Crippen LogP contribution in [0.3, 0.4) is 0 Å². The third-order valence-electron chi connectivity index (χ3n) is 4.44. The van der Waals surface area contributed by atoms with Gasteiger partial charge < -0.3 is 4.90 Å². The number of hydrogen-bond donors (Lipinski definition) is 1. The molecule has 0 bridgehead atoms. The number of carbonyl (C=O) groups is 2. The number of benzene rings is 1. The number of fused-ring (bicyclic) bond motifs is 2. The molecular weight excluding hydrogens is 336 g/mol. The number of aryl methyl sites for hydroxylation is 1. The average molecular weight is 352 g/mol. The number of anilines is 1. The molecule has 0 saturated heterocycles. The summed E-state index contributed by atoms with van der Waals surface area (Å²) in [6.07, 6.45) is 7.13. The van der Waals surface area contributed by atoms with Crippen LogP contribution in [0.4, 0.5) is 5.13 Å². The van der Waals surface area contributed by atoms with Crippen LogP contribution in [0.25, 0.3) is 10.2 Å². The van der Waals surface area contributed by atoms with Crippen molar-refractivity contribution in [3.63, 3.8) is 0 Å². The van der Waals surface area contributed by atoms with Gasteiger partial charge in [0.2, 0.25) is 0 Å². The smallest absolute Gasteiger partial charge is 0.252 e. The molecule has 4 rings (SSSR count). The van der Waals surface area contributed by atoms with E-state index < -0.39 is 5.54 Å². The van der Waals surface area contributed by atoms with Crippen LogP contribution in [0.1, 0.15) is 18.9 Å². The first kappa shape index (κ1) is 15.7.